The average molecular weight is 345 g/mol. The summed E-state index contributed by atoms with van der Waals surface area (Å²) < 4.78 is 0. The van der Waals surface area contributed by atoms with E-state index in [0.29, 0.717) is 17.8 Å². The number of hydrogen-bond acceptors (Lipinski definition) is 5. The number of benzene rings is 1. The van der Waals surface area contributed by atoms with Crippen LogP contribution in [0.2, 0.25) is 0 Å². The van der Waals surface area contributed by atoms with Gasteiger partial charge in [0.25, 0.3) is 0 Å². The van der Waals surface area contributed by atoms with Gasteiger partial charge in [0, 0.05) is 5.56 Å². The number of pyridine rings is 1. The second-order valence-electron chi connectivity index (χ2n) is 6.35. The smallest absolute Gasteiger partial charge is 0.240 e. The molecule has 6 heteroatoms. The molecule has 0 spiro atoms. The monoisotopic (exact) mass is 345 g/mol. The predicted molar refractivity (Wildman–Crippen MR) is 98.9 cm³/mol. The molecule has 0 aliphatic carbocycles. The zero-order valence-electron chi connectivity index (χ0n) is 15.1. The molecule has 1 aromatic heterocycles. The third-order valence-electron chi connectivity index (χ3n) is 4.44. The minimum Gasteiger partial charge on any atom is -0.318 e. The highest BCUT2D eigenvalue weighted by atomic mass is 15.2. The maximum absolute atomic E-state index is 9.79. The van der Waals surface area contributed by atoms with Crippen LogP contribution in [0.3, 0.4) is 0 Å². The summed E-state index contributed by atoms with van der Waals surface area (Å²) in [5.41, 5.74) is 7.84. The summed E-state index contributed by atoms with van der Waals surface area (Å²) in [5, 5.41) is 29.2. The molecule has 6 nitrogen and oxygen atoms in total. The van der Waals surface area contributed by atoms with Crippen LogP contribution in [0.4, 0.5) is 11.6 Å². The van der Waals surface area contributed by atoms with Gasteiger partial charge < -0.3 is 5.73 Å². The highest BCUT2D eigenvalue weighted by Gasteiger charge is 2.30. The number of nitrogen functional groups attached to an aromatic ring is 1. The van der Waals surface area contributed by atoms with Crippen molar-refractivity contribution in [1.29, 1.82) is 15.8 Å². The van der Waals surface area contributed by atoms with Crippen LogP contribution in [-0.4, -0.2) is 13.1 Å². The second kappa shape index (κ2) is 8.01. The molecule has 0 fully saturated rings. The molecule has 1 atom stereocenters. The lowest BCUT2D eigenvalue weighted by Crippen LogP contribution is -2.34. The van der Waals surface area contributed by atoms with E-state index in [1.165, 1.54) is 0 Å². The predicted octanol–water partition coefficient (Wildman–Crippen LogP) is 2.52. The third-order valence-corrected chi connectivity index (χ3v) is 4.44. The van der Waals surface area contributed by atoms with E-state index >= 15 is 0 Å². The zero-order valence-corrected chi connectivity index (χ0v) is 15.1. The topological polar surface area (TPSA) is 115 Å². The van der Waals surface area contributed by atoms with Gasteiger partial charge in [-0.3, -0.25) is 4.90 Å². The Balaban J connectivity index is 2.70. The number of anilines is 2. The summed E-state index contributed by atoms with van der Waals surface area (Å²) >= 11 is 0. The summed E-state index contributed by atoms with van der Waals surface area (Å²) in [6.07, 6.45) is 0.398. The largest absolute Gasteiger partial charge is 0.318 e. The minimum atomic E-state index is -0.655. The normalized spacial score (nSPS) is 11.3. The molecular formula is C20H21N6+. The Labute approximate surface area is 153 Å². The molecule has 0 saturated carbocycles. The summed E-state index contributed by atoms with van der Waals surface area (Å²) in [5.74, 6) is 0.0255. The number of nitrogens with two attached hydrogens (primary N) is 1. The van der Waals surface area contributed by atoms with Gasteiger partial charge in [0.15, 0.2) is 0 Å². The van der Waals surface area contributed by atoms with Gasteiger partial charge in [-0.15, -0.1) is 0 Å². The van der Waals surface area contributed by atoms with Crippen LogP contribution < -0.4 is 15.6 Å². The standard InChI is InChI=1S/C20H20N6/c1-13(2)26(3)20-17(12-23)18(16(11-22)19(24)25-20)15(10-21)9-14-7-5-4-6-8-14/h4-8,13,15H,9H2,1-3H3,(H2,24,25)/p+1/t15-/m1/s1. The number of nitriles is 3. The molecule has 130 valence electrons. The van der Waals surface area contributed by atoms with E-state index in [9.17, 15) is 15.8 Å². The SMILES string of the molecule is CC(C)N(C)c1[nH+]c(N)c(C#N)c([C@@H](C#N)Cc2ccccc2)c1C#N. The van der Waals surface area contributed by atoms with Crippen molar-refractivity contribution in [1.82, 2.24) is 0 Å². The van der Waals surface area contributed by atoms with Crippen molar-refractivity contribution in [3.8, 4) is 18.2 Å². The Kier molecular flexibility index (Phi) is 5.78. The first-order valence-corrected chi connectivity index (χ1v) is 8.29. The Morgan fingerprint density at radius 1 is 1.08 bits per heavy atom. The number of aromatic amines is 1. The minimum absolute atomic E-state index is 0.105. The number of nitrogens with zero attached hydrogens (tertiary/aromatic N) is 4. The van der Waals surface area contributed by atoms with E-state index in [-0.39, 0.29) is 23.0 Å². The molecular weight excluding hydrogens is 324 g/mol. The van der Waals surface area contributed by atoms with Gasteiger partial charge in [-0.2, -0.15) is 15.8 Å². The Morgan fingerprint density at radius 2 is 1.69 bits per heavy atom. The van der Waals surface area contributed by atoms with Crippen LogP contribution in [0.25, 0.3) is 0 Å². The van der Waals surface area contributed by atoms with E-state index in [0.717, 1.165) is 5.56 Å². The highest BCUT2D eigenvalue weighted by Crippen LogP contribution is 2.32. The van der Waals surface area contributed by atoms with Gasteiger partial charge in [-0.25, -0.2) is 4.98 Å². The van der Waals surface area contributed by atoms with Crippen LogP contribution in [0.15, 0.2) is 30.3 Å². The van der Waals surface area contributed by atoms with Gasteiger partial charge in [-0.05, 0) is 25.8 Å². The summed E-state index contributed by atoms with van der Waals surface area (Å²) in [6.45, 7) is 3.96. The van der Waals surface area contributed by atoms with Crippen molar-refractivity contribution >= 4 is 11.6 Å². The lowest BCUT2D eigenvalue weighted by atomic mass is 9.87. The second-order valence-corrected chi connectivity index (χ2v) is 6.35. The van der Waals surface area contributed by atoms with E-state index in [1.54, 1.807) is 0 Å². The number of H-pyrrole nitrogens is 1. The molecule has 0 aliphatic rings. The van der Waals surface area contributed by atoms with Crippen molar-refractivity contribution in [3.05, 3.63) is 52.6 Å². The fourth-order valence-corrected chi connectivity index (χ4v) is 2.82. The molecule has 3 N–H and O–H groups in total. The van der Waals surface area contributed by atoms with Crippen molar-refractivity contribution in [2.75, 3.05) is 17.7 Å². The van der Waals surface area contributed by atoms with Crippen molar-refractivity contribution in [3.63, 3.8) is 0 Å². The van der Waals surface area contributed by atoms with Gasteiger partial charge in [0.1, 0.15) is 23.3 Å². The molecule has 0 unspecified atom stereocenters. The van der Waals surface area contributed by atoms with E-state index < -0.39 is 5.92 Å². The van der Waals surface area contributed by atoms with E-state index in [4.69, 9.17) is 5.73 Å². The number of aromatic nitrogens is 1. The van der Waals surface area contributed by atoms with Crippen LogP contribution in [0.1, 0.15) is 42.0 Å². The molecule has 1 aromatic carbocycles. The molecule has 2 aromatic rings. The maximum atomic E-state index is 9.79. The van der Waals surface area contributed by atoms with Crippen LogP contribution >= 0.6 is 0 Å². The number of rotatable bonds is 5. The average Bonchev–Trinajstić information content (AvgIpc) is 2.65. The highest BCUT2D eigenvalue weighted by molar-refractivity contribution is 5.66. The molecule has 0 saturated heterocycles. The van der Waals surface area contributed by atoms with Gasteiger partial charge in [0.2, 0.25) is 11.6 Å². The van der Waals surface area contributed by atoms with Gasteiger partial charge in [-0.1, -0.05) is 30.3 Å². The maximum Gasteiger partial charge on any atom is 0.240 e. The van der Waals surface area contributed by atoms with Crippen LogP contribution in [0.5, 0.6) is 0 Å². The summed E-state index contributed by atoms with van der Waals surface area (Å²) in [6, 6.07) is 16.1. The lowest BCUT2D eigenvalue weighted by Gasteiger charge is -2.22. The Hall–Kier alpha value is -3.56. The summed E-state index contributed by atoms with van der Waals surface area (Å²) in [4.78, 5) is 4.83. The van der Waals surface area contributed by atoms with E-state index in [2.05, 4.69) is 23.2 Å². The fraction of sp³-hybridized carbons (Fsp3) is 0.300. The molecule has 0 bridgehead atoms. The molecule has 1 heterocycles. The number of nitrogens with one attached hydrogen (secondary N) is 1. The first-order chi connectivity index (χ1) is 12.4. The molecule has 26 heavy (non-hydrogen) atoms. The molecule has 2 rings (SSSR count). The first kappa shape index (κ1) is 18.8. The lowest BCUT2D eigenvalue weighted by molar-refractivity contribution is -0.347. The quantitative estimate of drug-likeness (QED) is 0.894. The summed E-state index contributed by atoms with van der Waals surface area (Å²) in [7, 11) is 1.84. The van der Waals surface area contributed by atoms with Gasteiger partial charge >= 0.3 is 0 Å². The third kappa shape index (κ3) is 3.58. The Morgan fingerprint density at radius 3 is 2.19 bits per heavy atom. The van der Waals surface area contributed by atoms with E-state index in [1.807, 2.05) is 56.1 Å². The Bertz CT molecular complexity index is 913. The van der Waals surface area contributed by atoms with Crippen molar-refractivity contribution in [2.24, 2.45) is 0 Å². The van der Waals surface area contributed by atoms with Crippen molar-refractivity contribution in [2.45, 2.75) is 32.2 Å². The van der Waals surface area contributed by atoms with Crippen LogP contribution in [0, 0.1) is 34.0 Å². The van der Waals surface area contributed by atoms with Crippen LogP contribution in [-0.2, 0) is 6.42 Å². The molecule has 0 aliphatic heterocycles. The first-order valence-electron chi connectivity index (χ1n) is 8.29. The zero-order chi connectivity index (χ0) is 19.3. The number of hydrogen-bond donors (Lipinski definition) is 1. The molecule has 0 amide bonds. The fourth-order valence-electron chi connectivity index (χ4n) is 2.82. The molecule has 0 radical (unpaired) electrons. The van der Waals surface area contributed by atoms with Crippen molar-refractivity contribution < 1.29 is 4.98 Å². The van der Waals surface area contributed by atoms with Gasteiger partial charge in [0.05, 0.1) is 25.1 Å².